The Balaban J connectivity index is 3.82. The topological polar surface area (TPSA) is 134 Å². The molecule has 0 aliphatic rings. The van der Waals surface area contributed by atoms with Crippen LogP contribution in [0.15, 0.2) is 109 Å². The van der Waals surface area contributed by atoms with Crippen molar-refractivity contribution in [3.8, 4) is 0 Å². The van der Waals surface area contributed by atoms with Gasteiger partial charge in [0.25, 0.3) is 0 Å². The molecule has 0 amide bonds. The molecule has 556 valence electrons. The van der Waals surface area contributed by atoms with E-state index < -0.39 is 26.5 Å². The average Bonchev–Trinajstić information content (AvgIpc) is 3.21. The molecule has 0 aliphatic carbocycles. The quantitative estimate of drug-likeness (QED) is 0.0264. The van der Waals surface area contributed by atoms with E-state index >= 15 is 0 Å². The van der Waals surface area contributed by atoms with Crippen LogP contribution in [0.5, 0.6) is 0 Å². The van der Waals surface area contributed by atoms with Crippen LogP contribution in [0.3, 0.4) is 0 Å². The molecule has 0 rings (SSSR count). The Hall–Kier alpha value is -3.33. The minimum atomic E-state index is -4.40. The number of hydrogen-bond donors (Lipinski definition) is 2. The first-order chi connectivity index (χ1) is 47.3. The normalized spacial score (nSPS) is 13.4. The van der Waals surface area contributed by atoms with Crippen LogP contribution >= 0.6 is 7.82 Å². The fraction of sp³-hybridized carbons (Fsp3) is 0.767. The molecule has 0 radical (unpaired) electrons. The van der Waals surface area contributed by atoms with Gasteiger partial charge in [-0.2, -0.15) is 0 Å². The Labute approximate surface area is 594 Å². The van der Waals surface area contributed by atoms with E-state index in [1.165, 1.54) is 257 Å². The van der Waals surface area contributed by atoms with Gasteiger partial charge in [0, 0.05) is 19.4 Å². The van der Waals surface area contributed by atoms with E-state index in [2.05, 4.69) is 123 Å². The van der Waals surface area contributed by atoms with Crippen molar-refractivity contribution in [2.24, 2.45) is 5.73 Å². The third-order valence-electron chi connectivity index (χ3n) is 17.9. The Bertz CT molecular complexity index is 1950. The number of unbranched alkanes of at least 4 members (excludes halogenated alkanes) is 46. The van der Waals surface area contributed by atoms with Crippen LogP contribution in [0.2, 0.25) is 0 Å². The molecule has 3 N–H and O–H groups in total. The Morgan fingerprint density at radius 1 is 0.323 bits per heavy atom. The zero-order valence-corrected chi connectivity index (χ0v) is 63.7. The lowest BCUT2D eigenvalue weighted by Gasteiger charge is -2.19. The summed E-state index contributed by atoms with van der Waals surface area (Å²) >= 11 is 0. The summed E-state index contributed by atoms with van der Waals surface area (Å²) in [6.07, 6.45) is 112. The molecule has 9 nitrogen and oxygen atoms in total. The smallest absolute Gasteiger partial charge is 0.462 e. The van der Waals surface area contributed by atoms with Crippen LogP contribution in [-0.4, -0.2) is 49.3 Å². The number of carbonyl (C=O) groups excluding carboxylic acids is 2. The van der Waals surface area contributed by atoms with Crippen LogP contribution in [0.4, 0.5) is 0 Å². The predicted octanol–water partition coefficient (Wildman–Crippen LogP) is 27.6. The largest absolute Gasteiger partial charge is 0.472 e. The maximum atomic E-state index is 12.8. The van der Waals surface area contributed by atoms with Gasteiger partial charge in [0.2, 0.25) is 0 Å². The van der Waals surface area contributed by atoms with Gasteiger partial charge in [0.15, 0.2) is 6.10 Å². The summed E-state index contributed by atoms with van der Waals surface area (Å²) in [7, 11) is -4.40. The van der Waals surface area contributed by atoms with E-state index in [1.54, 1.807) is 0 Å². The van der Waals surface area contributed by atoms with Crippen molar-refractivity contribution in [2.75, 3.05) is 26.4 Å². The zero-order chi connectivity index (χ0) is 69.3. The highest BCUT2D eigenvalue weighted by Gasteiger charge is 2.26. The molecule has 0 heterocycles. The van der Waals surface area contributed by atoms with Crippen molar-refractivity contribution < 1.29 is 37.6 Å². The van der Waals surface area contributed by atoms with Gasteiger partial charge in [-0.15, -0.1) is 0 Å². The second-order valence-electron chi connectivity index (χ2n) is 27.3. The predicted molar refractivity (Wildman–Crippen MR) is 418 cm³/mol. The first-order valence-corrected chi connectivity index (χ1v) is 42.4. The molecule has 2 unspecified atom stereocenters. The van der Waals surface area contributed by atoms with Gasteiger partial charge < -0.3 is 20.1 Å². The van der Waals surface area contributed by atoms with Crippen LogP contribution in [0, 0.1) is 0 Å². The second kappa shape index (κ2) is 80.6. The van der Waals surface area contributed by atoms with Gasteiger partial charge in [0.05, 0.1) is 13.2 Å². The van der Waals surface area contributed by atoms with Crippen molar-refractivity contribution in [3.05, 3.63) is 109 Å². The third kappa shape index (κ3) is 79.7. The molecular formula is C86H154NO8P. The number of hydrogen-bond acceptors (Lipinski definition) is 8. The van der Waals surface area contributed by atoms with Gasteiger partial charge in [-0.3, -0.25) is 18.6 Å². The maximum absolute atomic E-state index is 12.8. The average molecular weight is 1360 g/mol. The standard InChI is InChI=1S/C86H154NO8P/c1-3-5-7-9-11-13-15-17-19-21-23-25-27-29-31-33-35-37-39-41-42-43-45-47-49-51-53-55-57-59-61-63-65-67-69-71-73-75-77-79-86(89)95-84(83-94-96(90,91)93-81-80-87)82-92-85(88)78-76-74-72-70-68-66-64-62-60-58-56-54-52-50-48-46-44-40-38-36-34-32-30-28-26-24-22-20-18-16-14-12-10-8-6-4-2/h5,7,11,13,17,19,23,25,29,31,35,37,41-42,45,47,51,53,84H,3-4,6,8-10,12,14-16,18,20-22,24,26-28,30,32-34,36,38-40,43-44,46,48-50,52,54-83,87H2,1-2H3,(H,90,91)/b7-5-,13-11-,19-17-,25-23-,31-29-,37-35-,42-41-,47-45-,53-51-. The van der Waals surface area contributed by atoms with Crippen LogP contribution in [0.25, 0.3) is 0 Å². The summed E-state index contributed by atoms with van der Waals surface area (Å²) in [5.41, 5.74) is 5.42. The van der Waals surface area contributed by atoms with Crippen molar-refractivity contribution in [1.82, 2.24) is 0 Å². The zero-order valence-electron chi connectivity index (χ0n) is 62.8. The fourth-order valence-corrected chi connectivity index (χ4v) is 12.7. The third-order valence-corrected chi connectivity index (χ3v) is 18.9. The molecule has 0 aromatic carbocycles. The Morgan fingerprint density at radius 2 is 0.573 bits per heavy atom. The molecule has 0 aromatic heterocycles. The van der Waals surface area contributed by atoms with E-state index in [0.717, 1.165) is 103 Å². The summed E-state index contributed by atoms with van der Waals surface area (Å²) in [4.78, 5) is 35.5. The van der Waals surface area contributed by atoms with Crippen molar-refractivity contribution in [3.63, 3.8) is 0 Å². The lowest BCUT2D eigenvalue weighted by Crippen LogP contribution is -2.29. The molecule has 0 fully saturated rings. The van der Waals surface area contributed by atoms with Gasteiger partial charge in [-0.25, -0.2) is 4.57 Å². The van der Waals surface area contributed by atoms with E-state index in [1.807, 2.05) is 0 Å². The molecular weight excluding hydrogens is 1210 g/mol. The fourth-order valence-electron chi connectivity index (χ4n) is 11.9. The van der Waals surface area contributed by atoms with Crippen LogP contribution in [-0.2, 0) is 32.7 Å². The van der Waals surface area contributed by atoms with Gasteiger partial charge >= 0.3 is 19.8 Å². The maximum Gasteiger partial charge on any atom is 0.472 e. The van der Waals surface area contributed by atoms with E-state index in [0.29, 0.717) is 6.42 Å². The number of carbonyl (C=O) groups is 2. The molecule has 0 bridgehead atoms. The lowest BCUT2D eigenvalue weighted by atomic mass is 10.0. The highest BCUT2D eigenvalue weighted by Crippen LogP contribution is 2.43. The van der Waals surface area contributed by atoms with Crippen molar-refractivity contribution in [2.45, 2.75) is 399 Å². The molecule has 10 heteroatoms. The SMILES string of the molecule is CC/C=C\C/C=C\C/C=C\C/C=C\C/C=C\C/C=C\C/C=C\C/C=C\C/C=C\CCCCCCCCCCCCCC(=O)OC(COC(=O)CCCCCCCCCCCCCCCCCCCCCCCCCCCCCCCCCCCCCC)COP(=O)(O)OCCN. The van der Waals surface area contributed by atoms with E-state index in [9.17, 15) is 19.0 Å². The summed E-state index contributed by atoms with van der Waals surface area (Å²) < 4.78 is 33.3. The number of phosphoric ester groups is 1. The summed E-state index contributed by atoms with van der Waals surface area (Å²) in [6.45, 7) is 3.68. The number of ether oxygens (including phenoxy) is 2. The van der Waals surface area contributed by atoms with Crippen molar-refractivity contribution >= 4 is 19.8 Å². The Kier molecular flexibility index (Phi) is 77.8. The first-order valence-electron chi connectivity index (χ1n) is 40.9. The van der Waals surface area contributed by atoms with Gasteiger partial charge in [-0.05, 0) is 83.5 Å². The number of phosphoric acid groups is 1. The lowest BCUT2D eigenvalue weighted by molar-refractivity contribution is -0.161. The summed E-state index contributed by atoms with van der Waals surface area (Å²) in [5.74, 6) is -0.818. The first kappa shape index (κ1) is 92.7. The Morgan fingerprint density at radius 3 is 0.854 bits per heavy atom. The highest BCUT2D eigenvalue weighted by molar-refractivity contribution is 7.47. The molecule has 0 spiro atoms. The molecule has 0 saturated heterocycles. The monoisotopic (exact) mass is 1360 g/mol. The molecule has 0 saturated carbocycles. The number of nitrogens with two attached hydrogens (primary N) is 1. The molecule has 0 aromatic rings. The minimum absolute atomic E-state index is 0.0507. The molecule has 96 heavy (non-hydrogen) atoms. The molecule has 0 aliphatic heterocycles. The van der Waals surface area contributed by atoms with Crippen LogP contribution < -0.4 is 5.73 Å². The molecule has 2 atom stereocenters. The van der Waals surface area contributed by atoms with Crippen molar-refractivity contribution in [1.29, 1.82) is 0 Å². The second-order valence-corrected chi connectivity index (χ2v) is 28.7. The summed E-state index contributed by atoms with van der Waals surface area (Å²) in [5, 5.41) is 0. The van der Waals surface area contributed by atoms with E-state index in [-0.39, 0.29) is 38.6 Å². The number of esters is 2. The highest BCUT2D eigenvalue weighted by atomic mass is 31.2. The minimum Gasteiger partial charge on any atom is -0.462 e. The van der Waals surface area contributed by atoms with Gasteiger partial charge in [-0.1, -0.05) is 406 Å². The number of rotatable bonds is 77. The van der Waals surface area contributed by atoms with E-state index in [4.69, 9.17) is 24.3 Å². The van der Waals surface area contributed by atoms with Gasteiger partial charge in [0.1, 0.15) is 6.61 Å². The summed E-state index contributed by atoms with van der Waals surface area (Å²) in [6, 6.07) is 0. The number of allylic oxidation sites excluding steroid dienone is 18. The van der Waals surface area contributed by atoms with Crippen LogP contribution in [0.1, 0.15) is 393 Å².